The van der Waals surface area contributed by atoms with Gasteiger partial charge >= 0.3 is 6.03 Å². The molecular formula is C28H33N5O2. The second-order valence-electron chi connectivity index (χ2n) is 9.76. The van der Waals surface area contributed by atoms with Gasteiger partial charge in [-0.25, -0.2) is 4.79 Å². The van der Waals surface area contributed by atoms with Gasteiger partial charge in [-0.2, -0.15) is 9.78 Å². The molecule has 3 heterocycles. The molecule has 2 aliphatic heterocycles. The zero-order chi connectivity index (χ0) is 24.4. The van der Waals surface area contributed by atoms with Crippen LogP contribution in [0.3, 0.4) is 0 Å². The van der Waals surface area contributed by atoms with Crippen LogP contribution in [0.15, 0.2) is 79.3 Å². The van der Waals surface area contributed by atoms with E-state index in [1.807, 2.05) is 48.0 Å². The van der Waals surface area contributed by atoms with E-state index in [-0.39, 0.29) is 6.03 Å². The lowest BCUT2D eigenvalue weighted by atomic mass is 10.0. The van der Waals surface area contributed by atoms with Crippen LogP contribution in [0.4, 0.5) is 10.5 Å². The van der Waals surface area contributed by atoms with Gasteiger partial charge in [0, 0.05) is 45.5 Å². The molecule has 182 valence electrons. The van der Waals surface area contributed by atoms with Gasteiger partial charge in [-0.05, 0) is 42.0 Å². The van der Waals surface area contributed by atoms with Crippen LogP contribution in [0.2, 0.25) is 0 Å². The minimum atomic E-state index is -0.0458. The molecule has 0 radical (unpaired) electrons. The summed E-state index contributed by atoms with van der Waals surface area (Å²) < 4.78 is 7.46. The molecule has 0 spiro atoms. The number of aromatic nitrogens is 2. The van der Waals surface area contributed by atoms with Gasteiger partial charge < -0.3 is 14.5 Å². The highest BCUT2D eigenvalue weighted by molar-refractivity contribution is 5.77. The predicted octanol–water partition coefficient (Wildman–Crippen LogP) is 4.46. The first-order valence-corrected chi connectivity index (χ1v) is 12.2. The van der Waals surface area contributed by atoms with Gasteiger partial charge in [0.05, 0.1) is 18.1 Å². The van der Waals surface area contributed by atoms with Gasteiger partial charge in [-0.3, -0.25) is 4.90 Å². The minimum Gasteiger partial charge on any atom is -0.489 e. The maximum absolute atomic E-state index is 13.0. The third-order valence-corrected chi connectivity index (χ3v) is 7.11. The summed E-state index contributed by atoms with van der Waals surface area (Å²) in [5.74, 6) is 1.91. The Morgan fingerprint density at radius 2 is 1.77 bits per heavy atom. The Hall–Kier alpha value is -3.58. The Bertz CT molecular complexity index is 1180. The average Bonchev–Trinajstić information content (AvgIpc) is 3.58. The van der Waals surface area contributed by atoms with Gasteiger partial charge in [0.25, 0.3) is 0 Å². The predicted molar refractivity (Wildman–Crippen MR) is 137 cm³/mol. The summed E-state index contributed by atoms with van der Waals surface area (Å²) in [6.45, 7) is 10.9. The zero-order valence-electron chi connectivity index (χ0n) is 20.5. The number of nitrogens with zero attached hydrogens (tertiary/aromatic N) is 5. The molecule has 2 aliphatic rings. The summed E-state index contributed by atoms with van der Waals surface area (Å²) in [6, 6.07) is 18.6. The van der Waals surface area contributed by atoms with Gasteiger partial charge in [0.1, 0.15) is 12.4 Å². The summed E-state index contributed by atoms with van der Waals surface area (Å²) >= 11 is 0. The first-order chi connectivity index (χ1) is 17.0. The van der Waals surface area contributed by atoms with E-state index < -0.39 is 0 Å². The Morgan fingerprint density at radius 3 is 2.49 bits per heavy atom. The van der Waals surface area contributed by atoms with Crippen LogP contribution in [0.1, 0.15) is 18.1 Å². The second kappa shape index (κ2) is 9.96. The van der Waals surface area contributed by atoms with Crippen molar-refractivity contribution >= 4 is 11.7 Å². The standard InChI is InChI=1S/C28H33N5O2/c1-21(2)30(3)26-13-29-33(19-26)28(34)32-17-24-15-31(16-25(24)18-32)14-23-10-7-11-27(12-23)35-20-22-8-5-4-6-9-22/h4-13,19,24-25H,1,14-18,20H2,2-3H3. The summed E-state index contributed by atoms with van der Waals surface area (Å²) in [7, 11) is 1.92. The number of rotatable bonds is 7. The number of allylic oxidation sites excluding steroid dienone is 1. The largest absolute Gasteiger partial charge is 0.489 e. The fourth-order valence-electron chi connectivity index (χ4n) is 5.06. The average molecular weight is 472 g/mol. The normalized spacial score (nSPS) is 19.5. The number of carbonyl (C=O) groups is 1. The maximum atomic E-state index is 13.0. The molecule has 0 aliphatic carbocycles. The molecule has 2 saturated heterocycles. The lowest BCUT2D eigenvalue weighted by molar-refractivity contribution is 0.197. The molecule has 1 amide bonds. The summed E-state index contributed by atoms with van der Waals surface area (Å²) in [4.78, 5) is 19.4. The lowest BCUT2D eigenvalue weighted by Crippen LogP contribution is -2.36. The molecule has 2 atom stereocenters. The third kappa shape index (κ3) is 5.25. The first-order valence-electron chi connectivity index (χ1n) is 12.2. The number of hydrogen-bond donors (Lipinski definition) is 0. The van der Waals surface area contributed by atoms with Crippen molar-refractivity contribution in [1.82, 2.24) is 19.6 Å². The topological polar surface area (TPSA) is 53.8 Å². The number of carbonyl (C=O) groups excluding carboxylic acids is 1. The summed E-state index contributed by atoms with van der Waals surface area (Å²) in [5, 5.41) is 4.29. The monoisotopic (exact) mass is 471 g/mol. The number of anilines is 1. The molecule has 0 N–H and O–H groups in total. The van der Waals surface area contributed by atoms with Crippen LogP contribution >= 0.6 is 0 Å². The van der Waals surface area contributed by atoms with E-state index in [0.29, 0.717) is 18.4 Å². The molecule has 0 bridgehead atoms. The Morgan fingerprint density at radius 1 is 1.06 bits per heavy atom. The van der Waals surface area contributed by atoms with Crippen LogP contribution in [0, 0.1) is 11.8 Å². The molecular weight excluding hydrogens is 438 g/mol. The summed E-state index contributed by atoms with van der Waals surface area (Å²) in [6.07, 6.45) is 3.49. The highest BCUT2D eigenvalue weighted by Crippen LogP contribution is 2.32. The van der Waals surface area contributed by atoms with Crippen molar-refractivity contribution in [2.75, 3.05) is 38.1 Å². The quantitative estimate of drug-likeness (QED) is 0.509. The van der Waals surface area contributed by atoms with Crippen molar-refractivity contribution in [1.29, 1.82) is 0 Å². The van der Waals surface area contributed by atoms with Gasteiger partial charge in [0.15, 0.2) is 0 Å². The van der Waals surface area contributed by atoms with Gasteiger partial charge in [0.2, 0.25) is 0 Å². The lowest BCUT2D eigenvalue weighted by Gasteiger charge is -2.21. The van der Waals surface area contributed by atoms with Gasteiger partial charge in [-0.1, -0.05) is 49.0 Å². The Labute approximate surface area is 207 Å². The van der Waals surface area contributed by atoms with E-state index in [0.717, 1.165) is 49.9 Å². The molecule has 7 nitrogen and oxygen atoms in total. The number of likely N-dealkylation sites (tertiary alicyclic amines) is 2. The summed E-state index contributed by atoms with van der Waals surface area (Å²) in [5.41, 5.74) is 4.19. The minimum absolute atomic E-state index is 0.0458. The maximum Gasteiger partial charge on any atom is 0.344 e. The SMILES string of the molecule is C=C(C)N(C)c1cnn(C(=O)N2CC3CN(Cc4cccc(OCc5ccccc5)c4)CC3C2)c1. The molecule has 35 heavy (non-hydrogen) atoms. The molecule has 0 saturated carbocycles. The second-order valence-corrected chi connectivity index (χ2v) is 9.76. The van der Waals surface area contributed by atoms with Crippen molar-refractivity contribution in [3.05, 3.63) is 90.4 Å². The van der Waals surface area contributed by atoms with E-state index in [9.17, 15) is 4.79 Å². The van der Waals surface area contributed by atoms with Crippen LogP contribution in [-0.4, -0.2) is 58.8 Å². The Kier molecular flexibility index (Phi) is 6.59. The molecule has 7 heteroatoms. The van der Waals surface area contributed by atoms with Crippen molar-refractivity contribution < 1.29 is 9.53 Å². The van der Waals surface area contributed by atoms with E-state index in [4.69, 9.17) is 4.74 Å². The molecule has 3 aromatic rings. The highest BCUT2D eigenvalue weighted by atomic mass is 16.5. The Balaban J connectivity index is 1.13. The zero-order valence-corrected chi connectivity index (χ0v) is 20.5. The van der Waals surface area contributed by atoms with E-state index in [1.165, 1.54) is 15.8 Å². The van der Waals surface area contributed by atoms with Crippen LogP contribution < -0.4 is 9.64 Å². The van der Waals surface area contributed by atoms with Crippen LogP contribution in [0.5, 0.6) is 5.75 Å². The highest BCUT2D eigenvalue weighted by Gasteiger charge is 2.42. The van der Waals surface area contributed by atoms with Crippen molar-refractivity contribution in [3.8, 4) is 5.75 Å². The number of amides is 1. The first kappa shape index (κ1) is 23.2. The molecule has 1 aromatic heterocycles. The number of benzene rings is 2. The van der Waals surface area contributed by atoms with E-state index in [2.05, 4.69) is 46.9 Å². The van der Waals surface area contributed by atoms with Crippen molar-refractivity contribution in [2.45, 2.75) is 20.1 Å². The van der Waals surface area contributed by atoms with Crippen LogP contribution in [-0.2, 0) is 13.2 Å². The number of fused-ring (bicyclic) bond motifs is 1. The van der Waals surface area contributed by atoms with Crippen molar-refractivity contribution in [3.63, 3.8) is 0 Å². The molecule has 2 aromatic carbocycles. The smallest absolute Gasteiger partial charge is 0.344 e. The number of ether oxygens (including phenoxy) is 1. The van der Waals surface area contributed by atoms with E-state index in [1.54, 1.807) is 12.4 Å². The third-order valence-electron chi connectivity index (χ3n) is 7.11. The van der Waals surface area contributed by atoms with Crippen molar-refractivity contribution in [2.24, 2.45) is 11.8 Å². The molecule has 2 unspecified atom stereocenters. The molecule has 2 fully saturated rings. The van der Waals surface area contributed by atoms with Gasteiger partial charge in [-0.15, -0.1) is 0 Å². The fourth-order valence-corrected chi connectivity index (χ4v) is 5.06. The van der Waals surface area contributed by atoms with Crippen LogP contribution in [0.25, 0.3) is 0 Å². The fraction of sp³-hybridized carbons (Fsp3) is 0.357. The number of hydrogen-bond acceptors (Lipinski definition) is 5. The molecule has 5 rings (SSSR count). The van der Waals surface area contributed by atoms with E-state index >= 15 is 0 Å².